The van der Waals surface area contributed by atoms with E-state index in [1.54, 1.807) is 6.07 Å². The molecule has 0 fully saturated rings. The summed E-state index contributed by atoms with van der Waals surface area (Å²) in [6, 6.07) is 6.61. The number of carbonyl (C=O) groups is 3. The molecule has 0 saturated heterocycles. The van der Waals surface area contributed by atoms with Crippen molar-refractivity contribution in [1.82, 2.24) is 15.6 Å². The number of aromatic nitrogens is 1. The molecule has 2 N–H and O–H groups in total. The lowest BCUT2D eigenvalue weighted by molar-refractivity contribution is -0.148. The van der Waals surface area contributed by atoms with Gasteiger partial charge in [-0.2, -0.15) is 0 Å². The molecule has 0 saturated carbocycles. The monoisotopic (exact) mass is 305 g/mol. The standard InChI is InChI=1S/C14H15N3O5/c1-15-14(20)17-11(18)8-21-13(19)7-6-12-16-9-4-2-3-5-10(9)22-12/h2-5H,6-8H2,1H3,(H2,15,17,18,20). The maximum absolute atomic E-state index is 11.5. The second kappa shape index (κ2) is 7.21. The van der Waals surface area contributed by atoms with E-state index in [1.165, 1.54) is 7.05 Å². The predicted octanol–water partition coefficient (Wildman–Crippen LogP) is 0.759. The molecule has 1 aromatic carbocycles. The molecule has 0 spiro atoms. The Morgan fingerprint density at radius 1 is 1.27 bits per heavy atom. The number of hydrogen-bond donors (Lipinski definition) is 2. The van der Waals surface area contributed by atoms with Crippen LogP contribution in [0.15, 0.2) is 28.7 Å². The van der Waals surface area contributed by atoms with Crippen molar-refractivity contribution in [3.63, 3.8) is 0 Å². The lowest BCUT2D eigenvalue weighted by Crippen LogP contribution is -2.39. The van der Waals surface area contributed by atoms with E-state index in [0.29, 0.717) is 11.5 Å². The maximum atomic E-state index is 11.5. The van der Waals surface area contributed by atoms with Gasteiger partial charge in [-0.3, -0.25) is 14.9 Å². The number of hydrogen-bond acceptors (Lipinski definition) is 6. The molecule has 1 aromatic heterocycles. The number of benzene rings is 1. The Labute approximate surface area is 125 Å². The summed E-state index contributed by atoms with van der Waals surface area (Å²) < 4.78 is 10.2. The van der Waals surface area contributed by atoms with Gasteiger partial charge < -0.3 is 14.5 Å². The summed E-state index contributed by atoms with van der Waals surface area (Å²) in [6.45, 7) is -0.514. The van der Waals surface area contributed by atoms with Crippen molar-refractivity contribution in [3.05, 3.63) is 30.2 Å². The number of oxazole rings is 1. The number of carbonyl (C=O) groups excluding carboxylic acids is 3. The molecule has 0 unspecified atom stereocenters. The van der Waals surface area contributed by atoms with E-state index in [1.807, 2.05) is 23.5 Å². The zero-order chi connectivity index (χ0) is 15.9. The Bertz CT molecular complexity index is 662. The largest absolute Gasteiger partial charge is 0.456 e. The number of urea groups is 1. The molecule has 3 amide bonds. The van der Waals surface area contributed by atoms with Crippen LogP contribution in [0.2, 0.25) is 0 Å². The van der Waals surface area contributed by atoms with Crippen LogP contribution in [0.4, 0.5) is 4.79 Å². The van der Waals surface area contributed by atoms with Crippen LogP contribution in [0.3, 0.4) is 0 Å². The zero-order valence-corrected chi connectivity index (χ0v) is 11.9. The first kappa shape index (κ1) is 15.5. The Hall–Kier alpha value is -2.90. The van der Waals surface area contributed by atoms with Crippen molar-refractivity contribution < 1.29 is 23.5 Å². The second-order valence-electron chi connectivity index (χ2n) is 4.36. The second-order valence-corrected chi connectivity index (χ2v) is 4.36. The van der Waals surface area contributed by atoms with Crippen molar-refractivity contribution in [3.8, 4) is 0 Å². The summed E-state index contributed by atoms with van der Waals surface area (Å²) in [4.78, 5) is 37.8. The third-order valence-electron chi connectivity index (χ3n) is 2.73. The minimum Gasteiger partial charge on any atom is -0.456 e. The average Bonchev–Trinajstić information content (AvgIpc) is 2.93. The fourth-order valence-electron chi connectivity index (χ4n) is 1.68. The summed E-state index contributed by atoms with van der Waals surface area (Å²) >= 11 is 0. The average molecular weight is 305 g/mol. The third kappa shape index (κ3) is 4.30. The highest BCUT2D eigenvalue weighted by molar-refractivity contribution is 5.95. The number of aryl methyl sites for hydroxylation is 1. The minimum absolute atomic E-state index is 0.0279. The molecule has 1 heterocycles. The molecule has 22 heavy (non-hydrogen) atoms. The van der Waals surface area contributed by atoms with Crippen molar-refractivity contribution in [2.75, 3.05) is 13.7 Å². The van der Waals surface area contributed by atoms with Gasteiger partial charge in [0.25, 0.3) is 5.91 Å². The van der Waals surface area contributed by atoms with Crippen LogP contribution in [-0.2, 0) is 20.7 Å². The fraction of sp³-hybridized carbons (Fsp3) is 0.286. The van der Waals surface area contributed by atoms with E-state index in [9.17, 15) is 14.4 Å². The van der Waals surface area contributed by atoms with E-state index in [0.717, 1.165) is 5.52 Å². The number of para-hydroxylation sites is 2. The van der Waals surface area contributed by atoms with Crippen LogP contribution < -0.4 is 10.6 Å². The number of imide groups is 1. The lowest BCUT2D eigenvalue weighted by Gasteiger charge is -2.04. The van der Waals surface area contributed by atoms with Gasteiger partial charge >= 0.3 is 12.0 Å². The summed E-state index contributed by atoms with van der Waals surface area (Å²) in [5.74, 6) is -0.850. The molecule has 116 valence electrons. The van der Waals surface area contributed by atoms with Crippen LogP contribution in [0.25, 0.3) is 11.1 Å². The number of rotatable bonds is 5. The Morgan fingerprint density at radius 3 is 2.77 bits per heavy atom. The summed E-state index contributed by atoms with van der Waals surface area (Å²) in [5.41, 5.74) is 1.37. The van der Waals surface area contributed by atoms with Crippen LogP contribution in [0.5, 0.6) is 0 Å². The molecular formula is C14H15N3O5. The van der Waals surface area contributed by atoms with Gasteiger partial charge in [0.2, 0.25) is 0 Å². The normalized spacial score (nSPS) is 10.2. The number of esters is 1. The van der Waals surface area contributed by atoms with Crippen LogP contribution >= 0.6 is 0 Å². The van der Waals surface area contributed by atoms with Crippen LogP contribution in [0.1, 0.15) is 12.3 Å². The molecule has 0 radical (unpaired) electrons. The van der Waals surface area contributed by atoms with Gasteiger partial charge in [-0.15, -0.1) is 0 Å². The minimum atomic E-state index is -0.699. The van der Waals surface area contributed by atoms with Gasteiger partial charge in [-0.1, -0.05) is 12.1 Å². The number of amides is 3. The molecule has 0 aliphatic carbocycles. The molecule has 0 atom stereocenters. The topological polar surface area (TPSA) is 111 Å². The number of nitrogens with zero attached hydrogens (tertiary/aromatic N) is 1. The highest BCUT2D eigenvalue weighted by Gasteiger charge is 2.12. The van der Waals surface area contributed by atoms with Crippen molar-refractivity contribution in [1.29, 1.82) is 0 Å². The Morgan fingerprint density at radius 2 is 2.05 bits per heavy atom. The van der Waals surface area contributed by atoms with Crippen molar-refractivity contribution >= 4 is 29.0 Å². The molecule has 8 nitrogen and oxygen atoms in total. The highest BCUT2D eigenvalue weighted by atomic mass is 16.5. The van der Waals surface area contributed by atoms with Gasteiger partial charge in [0, 0.05) is 13.5 Å². The molecule has 8 heteroatoms. The summed E-state index contributed by atoms with van der Waals surface area (Å²) in [5, 5.41) is 4.19. The zero-order valence-electron chi connectivity index (χ0n) is 11.9. The summed E-state index contributed by atoms with van der Waals surface area (Å²) in [6.07, 6.45) is 0.296. The molecule has 0 bridgehead atoms. The third-order valence-corrected chi connectivity index (χ3v) is 2.73. The van der Waals surface area contributed by atoms with Gasteiger partial charge in [-0.25, -0.2) is 9.78 Å². The van der Waals surface area contributed by atoms with E-state index < -0.39 is 24.5 Å². The maximum Gasteiger partial charge on any atom is 0.321 e. The molecular weight excluding hydrogens is 290 g/mol. The number of ether oxygens (including phenoxy) is 1. The molecule has 0 aliphatic heterocycles. The molecule has 0 aliphatic rings. The van der Waals surface area contributed by atoms with Gasteiger partial charge in [0.15, 0.2) is 18.1 Å². The first-order chi connectivity index (χ1) is 10.6. The van der Waals surface area contributed by atoms with E-state index in [-0.39, 0.29) is 12.8 Å². The highest BCUT2D eigenvalue weighted by Crippen LogP contribution is 2.15. The fourth-order valence-corrected chi connectivity index (χ4v) is 1.68. The number of fused-ring (bicyclic) bond motifs is 1. The number of nitrogens with one attached hydrogen (secondary N) is 2. The van der Waals surface area contributed by atoms with Crippen LogP contribution in [-0.4, -0.2) is 36.5 Å². The predicted molar refractivity (Wildman–Crippen MR) is 75.9 cm³/mol. The Balaban J connectivity index is 1.75. The quantitative estimate of drug-likeness (QED) is 0.789. The van der Waals surface area contributed by atoms with Gasteiger partial charge in [0.1, 0.15) is 5.52 Å². The van der Waals surface area contributed by atoms with E-state index >= 15 is 0 Å². The summed E-state index contributed by atoms with van der Waals surface area (Å²) in [7, 11) is 1.37. The first-order valence-corrected chi connectivity index (χ1v) is 6.60. The van der Waals surface area contributed by atoms with Crippen LogP contribution in [0, 0.1) is 0 Å². The molecule has 2 rings (SSSR count). The van der Waals surface area contributed by atoms with Crippen molar-refractivity contribution in [2.24, 2.45) is 0 Å². The Kier molecular flexibility index (Phi) is 5.07. The van der Waals surface area contributed by atoms with Gasteiger partial charge in [-0.05, 0) is 12.1 Å². The lowest BCUT2D eigenvalue weighted by atomic mass is 10.3. The van der Waals surface area contributed by atoms with Crippen molar-refractivity contribution in [2.45, 2.75) is 12.8 Å². The first-order valence-electron chi connectivity index (χ1n) is 6.60. The smallest absolute Gasteiger partial charge is 0.321 e. The van der Waals surface area contributed by atoms with Gasteiger partial charge in [0.05, 0.1) is 6.42 Å². The van der Waals surface area contributed by atoms with E-state index in [2.05, 4.69) is 10.3 Å². The van der Waals surface area contributed by atoms with E-state index in [4.69, 9.17) is 9.15 Å². The SMILES string of the molecule is CNC(=O)NC(=O)COC(=O)CCc1nc2ccccc2o1. The molecule has 2 aromatic rings.